The van der Waals surface area contributed by atoms with Crippen LogP contribution in [0.1, 0.15) is 57.3 Å². The Morgan fingerprint density at radius 3 is 2.39 bits per heavy atom. The quantitative estimate of drug-likeness (QED) is 0.564. The molecule has 3 heterocycles. The van der Waals surface area contributed by atoms with E-state index in [0.717, 1.165) is 51.3 Å². The van der Waals surface area contributed by atoms with Crippen LogP contribution in [0, 0.1) is 11.8 Å². The lowest BCUT2D eigenvalue weighted by Crippen LogP contribution is -2.54. The minimum Gasteiger partial charge on any atom is -0.369 e. The zero-order chi connectivity index (χ0) is 25.8. The van der Waals surface area contributed by atoms with E-state index in [1.807, 2.05) is 38.1 Å². The number of ether oxygens (including phenoxy) is 1. The second kappa shape index (κ2) is 11.7. The number of fused-ring (bicyclic) bond motifs is 1. The van der Waals surface area contributed by atoms with E-state index in [1.165, 1.54) is 6.42 Å². The number of benzene rings is 1. The van der Waals surface area contributed by atoms with Crippen molar-refractivity contribution in [3.8, 4) is 0 Å². The second-order valence-corrected chi connectivity index (χ2v) is 10.6. The van der Waals surface area contributed by atoms with Gasteiger partial charge in [-0.25, -0.2) is 0 Å². The molecule has 0 unspecified atom stereocenters. The monoisotopic (exact) mass is 498 g/mol. The molecule has 3 aliphatic rings. The average Bonchev–Trinajstić information content (AvgIpc) is 3.47. The standard InChI is InChI=1S/C28H42N4O4/c1-5-12-30-13-15-31(16-14-30)22-10-8-21(9-11-22)27(34)29-24(19(4)6-2)28(35)32-17-20(7-3)26-25(32)23(33)18-36-26/h8-11,19-20,24-26H,5-7,12-18H2,1-4H3,(H,29,34)/t19-,20+,24-,25+,26+/m0/s1. The van der Waals surface area contributed by atoms with Gasteiger partial charge in [-0.2, -0.15) is 0 Å². The Bertz CT molecular complexity index is 928. The topological polar surface area (TPSA) is 82.2 Å². The fourth-order valence-corrected chi connectivity index (χ4v) is 5.80. The van der Waals surface area contributed by atoms with E-state index in [4.69, 9.17) is 4.74 Å². The summed E-state index contributed by atoms with van der Waals surface area (Å²) in [6.07, 6.45) is 2.53. The number of nitrogens with one attached hydrogen (secondary N) is 1. The molecule has 0 aromatic heterocycles. The predicted octanol–water partition coefficient (Wildman–Crippen LogP) is 2.57. The minimum absolute atomic E-state index is 0.0374. The van der Waals surface area contributed by atoms with Crippen molar-refractivity contribution in [3.05, 3.63) is 29.8 Å². The molecular formula is C28H42N4O4. The summed E-state index contributed by atoms with van der Waals surface area (Å²) in [4.78, 5) is 46.0. The van der Waals surface area contributed by atoms with Crippen LogP contribution in [-0.4, -0.2) is 91.5 Å². The summed E-state index contributed by atoms with van der Waals surface area (Å²) < 4.78 is 5.73. The fourth-order valence-electron chi connectivity index (χ4n) is 5.80. The zero-order valence-electron chi connectivity index (χ0n) is 22.2. The van der Waals surface area contributed by atoms with Crippen molar-refractivity contribution in [3.63, 3.8) is 0 Å². The van der Waals surface area contributed by atoms with Gasteiger partial charge in [-0.1, -0.05) is 34.1 Å². The maximum absolute atomic E-state index is 13.7. The number of carbonyl (C=O) groups excluding carboxylic acids is 3. The lowest BCUT2D eigenvalue weighted by atomic mass is 9.96. The van der Waals surface area contributed by atoms with Gasteiger partial charge in [0, 0.05) is 49.9 Å². The molecular weight excluding hydrogens is 456 g/mol. The van der Waals surface area contributed by atoms with Crippen molar-refractivity contribution in [2.24, 2.45) is 11.8 Å². The molecule has 8 nitrogen and oxygen atoms in total. The number of nitrogens with zero attached hydrogens (tertiary/aromatic N) is 3. The first kappa shape index (κ1) is 26.6. The number of rotatable bonds is 9. The van der Waals surface area contributed by atoms with Gasteiger partial charge in [0.25, 0.3) is 5.91 Å². The molecule has 1 aromatic rings. The molecule has 2 amide bonds. The van der Waals surface area contributed by atoms with Crippen LogP contribution in [0.25, 0.3) is 0 Å². The van der Waals surface area contributed by atoms with Gasteiger partial charge in [0.2, 0.25) is 5.91 Å². The fraction of sp³-hybridized carbons (Fsp3) is 0.679. The Balaban J connectivity index is 1.42. The molecule has 3 saturated heterocycles. The third-order valence-electron chi connectivity index (χ3n) is 8.27. The number of amides is 2. The molecule has 3 aliphatic heterocycles. The number of Topliss-reactive ketones (excluding diaryl/α,β-unsaturated/α-hetero) is 1. The largest absolute Gasteiger partial charge is 0.369 e. The molecule has 1 N–H and O–H groups in total. The molecule has 0 radical (unpaired) electrons. The lowest BCUT2D eigenvalue weighted by molar-refractivity contribution is -0.139. The minimum atomic E-state index is -0.682. The second-order valence-electron chi connectivity index (χ2n) is 10.6. The predicted molar refractivity (Wildman–Crippen MR) is 140 cm³/mol. The first-order valence-electron chi connectivity index (χ1n) is 13.7. The molecule has 198 valence electrons. The van der Waals surface area contributed by atoms with Crippen LogP contribution in [0.5, 0.6) is 0 Å². The van der Waals surface area contributed by atoms with Crippen LogP contribution >= 0.6 is 0 Å². The van der Waals surface area contributed by atoms with Gasteiger partial charge < -0.3 is 19.9 Å². The summed E-state index contributed by atoms with van der Waals surface area (Å²) in [7, 11) is 0. The SMILES string of the molecule is CCCN1CCN(c2ccc(C(=O)N[C@H](C(=O)N3C[C@@H](CC)[C@H]4OCC(=O)[C@H]43)[C@@H](C)CC)cc2)CC1. The molecule has 5 atom stereocenters. The number of carbonyl (C=O) groups is 3. The zero-order valence-corrected chi connectivity index (χ0v) is 22.2. The molecule has 4 rings (SSSR count). The van der Waals surface area contributed by atoms with Crippen LogP contribution in [-0.2, 0) is 14.3 Å². The highest BCUT2D eigenvalue weighted by atomic mass is 16.5. The number of hydrogen-bond acceptors (Lipinski definition) is 6. The summed E-state index contributed by atoms with van der Waals surface area (Å²) in [5.74, 6) is -0.384. The molecule has 36 heavy (non-hydrogen) atoms. The van der Waals surface area contributed by atoms with Crippen molar-refractivity contribution >= 4 is 23.3 Å². The number of piperazine rings is 1. The Kier molecular flexibility index (Phi) is 8.67. The van der Waals surface area contributed by atoms with E-state index in [0.29, 0.717) is 12.1 Å². The molecule has 8 heteroatoms. The van der Waals surface area contributed by atoms with Crippen molar-refractivity contribution < 1.29 is 19.1 Å². The normalized spacial score (nSPS) is 26.1. The van der Waals surface area contributed by atoms with Gasteiger partial charge in [-0.3, -0.25) is 19.3 Å². The van der Waals surface area contributed by atoms with Gasteiger partial charge >= 0.3 is 0 Å². The lowest BCUT2D eigenvalue weighted by Gasteiger charge is -2.36. The Labute approximate surface area is 215 Å². The smallest absolute Gasteiger partial charge is 0.251 e. The van der Waals surface area contributed by atoms with Crippen LogP contribution in [0.2, 0.25) is 0 Å². The van der Waals surface area contributed by atoms with Gasteiger partial charge in [0.05, 0.1) is 6.10 Å². The first-order valence-corrected chi connectivity index (χ1v) is 13.7. The summed E-state index contributed by atoms with van der Waals surface area (Å²) in [5, 5.41) is 3.00. The van der Waals surface area contributed by atoms with E-state index in [2.05, 4.69) is 29.0 Å². The average molecular weight is 499 g/mol. The van der Waals surface area contributed by atoms with Gasteiger partial charge in [0.15, 0.2) is 5.78 Å². The Morgan fingerprint density at radius 1 is 1.08 bits per heavy atom. The van der Waals surface area contributed by atoms with Crippen molar-refractivity contribution in [2.45, 2.75) is 65.1 Å². The highest BCUT2D eigenvalue weighted by molar-refractivity contribution is 5.99. The van der Waals surface area contributed by atoms with E-state index in [-0.39, 0.29) is 42.1 Å². The maximum atomic E-state index is 13.7. The van der Waals surface area contributed by atoms with Gasteiger partial charge in [-0.15, -0.1) is 0 Å². The molecule has 1 aromatic carbocycles. The third kappa shape index (κ3) is 5.44. The van der Waals surface area contributed by atoms with Crippen LogP contribution in [0.15, 0.2) is 24.3 Å². The maximum Gasteiger partial charge on any atom is 0.251 e. The molecule has 3 fully saturated rings. The molecule has 0 spiro atoms. The van der Waals surface area contributed by atoms with E-state index in [9.17, 15) is 14.4 Å². The Hall–Kier alpha value is -2.45. The van der Waals surface area contributed by atoms with E-state index < -0.39 is 12.1 Å². The summed E-state index contributed by atoms with van der Waals surface area (Å²) in [6.45, 7) is 14.0. The van der Waals surface area contributed by atoms with E-state index in [1.54, 1.807) is 4.90 Å². The van der Waals surface area contributed by atoms with Crippen LogP contribution in [0.4, 0.5) is 5.69 Å². The van der Waals surface area contributed by atoms with Crippen molar-refractivity contribution in [2.75, 3.05) is 50.8 Å². The molecule has 0 saturated carbocycles. The van der Waals surface area contributed by atoms with E-state index >= 15 is 0 Å². The van der Waals surface area contributed by atoms with Gasteiger partial charge in [-0.05, 0) is 49.6 Å². The number of hydrogen-bond donors (Lipinski definition) is 1. The van der Waals surface area contributed by atoms with Crippen LogP contribution in [0.3, 0.4) is 0 Å². The van der Waals surface area contributed by atoms with Crippen molar-refractivity contribution in [1.82, 2.24) is 15.1 Å². The molecule has 0 aliphatic carbocycles. The highest BCUT2D eigenvalue weighted by Gasteiger charge is 2.52. The van der Waals surface area contributed by atoms with Crippen LogP contribution < -0.4 is 10.2 Å². The van der Waals surface area contributed by atoms with Crippen molar-refractivity contribution in [1.29, 1.82) is 0 Å². The third-order valence-corrected chi connectivity index (χ3v) is 8.27. The highest BCUT2D eigenvalue weighted by Crippen LogP contribution is 2.34. The molecule has 0 bridgehead atoms. The summed E-state index contributed by atoms with van der Waals surface area (Å²) in [5.41, 5.74) is 1.65. The Morgan fingerprint density at radius 2 is 1.78 bits per heavy atom. The first-order chi connectivity index (χ1) is 17.4. The number of ketones is 1. The number of anilines is 1. The summed E-state index contributed by atoms with van der Waals surface area (Å²) in [6, 6.07) is 6.47. The summed E-state index contributed by atoms with van der Waals surface area (Å²) >= 11 is 0. The van der Waals surface area contributed by atoms with Gasteiger partial charge in [0.1, 0.15) is 18.7 Å². The number of likely N-dealkylation sites (tertiary alicyclic amines) is 1.